The quantitative estimate of drug-likeness (QED) is 0.789. The topological polar surface area (TPSA) is 66.4 Å². The maximum Gasteiger partial charge on any atom is 0.241 e. The molecule has 2 N–H and O–H groups in total. The average molecular weight is 415 g/mol. The van der Waals surface area contributed by atoms with Crippen molar-refractivity contribution in [1.29, 1.82) is 0 Å². The van der Waals surface area contributed by atoms with E-state index in [4.69, 9.17) is 16.7 Å². The normalized spacial score (nSPS) is 11.8. The van der Waals surface area contributed by atoms with Gasteiger partial charge in [-0.2, -0.15) is 0 Å². The van der Waals surface area contributed by atoms with E-state index >= 15 is 0 Å². The van der Waals surface area contributed by atoms with E-state index in [-0.39, 0.29) is 22.0 Å². The number of sulfonamides is 1. The second-order valence-electron chi connectivity index (χ2n) is 4.07. The van der Waals surface area contributed by atoms with Gasteiger partial charge in [-0.25, -0.2) is 17.5 Å². The summed E-state index contributed by atoms with van der Waals surface area (Å²) in [5.41, 5.74) is 0.0240. The number of hydrogen-bond donors (Lipinski definition) is 2. The molecule has 0 amide bonds. The summed E-state index contributed by atoms with van der Waals surface area (Å²) in [6, 6.07) is 5.56. The fraction of sp³-hybridized carbons (Fsp3) is 0.167. The molecule has 2 rings (SSSR count). The van der Waals surface area contributed by atoms with Crippen LogP contribution in [0, 0.1) is 5.82 Å². The molecule has 21 heavy (non-hydrogen) atoms. The highest BCUT2D eigenvalue weighted by molar-refractivity contribution is 9.11. The highest BCUT2D eigenvalue weighted by atomic mass is 79.9. The molecule has 1 aromatic heterocycles. The lowest BCUT2D eigenvalue weighted by Crippen LogP contribution is -2.23. The largest absolute Gasteiger partial charge is 0.392 e. The van der Waals surface area contributed by atoms with E-state index in [9.17, 15) is 12.8 Å². The Morgan fingerprint density at radius 1 is 1.38 bits per heavy atom. The van der Waals surface area contributed by atoms with E-state index in [2.05, 4.69) is 20.7 Å². The molecule has 0 aliphatic carbocycles. The Kier molecular flexibility index (Phi) is 5.39. The van der Waals surface area contributed by atoms with Gasteiger partial charge in [-0.15, -0.1) is 11.3 Å². The molecule has 2 aromatic rings. The van der Waals surface area contributed by atoms with Crippen LogP contribution in [0.3, 0.4) is 0 Å². The zero-order valence-corrected chi connectivity index (χ0v) is 14.4. The van der Waals surface area contributed by atoms with Crippen LogP contribution in [0.25, 0.3) is 0 Å². The van der Waals surface area contributed by atoms with Gasteiger partial charge in [-0.3, -0.25) is 0 Å². The molecule has 0 bridgehead atoms. The molecule has 0 aliphatic heterocycles. The first-order valence-corrected chi connectivity index (χ1v) is 9.13. The van der Waals surface area contributed by atoms with Crippen molar-refractivity contribution in [3.05, 3.63) is 49.3 Å². The Hall–Kier alpha value is -0.510. The zero-order chi connectivity index (χ0) is 15.6. The van der Waals surface area contributed by atoms with Gasteiger partial charge in [-0.05, 0) is 40.2 Å². The Morgan fingerprint density at radius 2 is 2.10 bits per heavy atom. The number of hydrogen-bond acceptors (Lipinski definition) is 4. The van der Waals surface area contributed by atoms with Crippen molar-refractivity contribution in [2.24, 2.45) is 0 Å². The predicted molar refractivity (Wildman–Crippen MR) is 83.4 cm³/mol. The Bertz CT molecular complexity index is 764. The van der Waals surface area contributed by atoms with E-state index in [1.165, 1.54) is 11.3 Å². The number of thiophene rings is 1. The van der Waals surface area contributed by atoms with Gasteiger partial charge in [0.15, 0.2) is 0 Å². The molecule has 0 unspecified atom stereocenters. The second-order valence-corrected chi connectivity index (χ2v) is 8.76. The number of aliphatic hydroxyl groups excluding tert-OH is 1. The van der Waals surface area contributed by atoms with Crippen molar-refractivity contribution >= 4 is 48.9 Å². The predicted octanol–water partition coefficient (Wildman–Crippen LogP) is 3.27. The van der Waals surface area contributed by atoms with Gasteiger partial charge < -0.3 is 5.11 Å². The summed E-state index contributed by atoms with van der Waals surface area (Å²) in [7, 11) is -3.89. The van der Waals surface area contributed by atoms with Crippen LogP contribution in [0.2, 0.25) is 5.02 Å². The molecule has 1 heterocycles. The molecular formula is C12H10BrClFNO3S2. The molecule has 1 aromatic carbocycles. The van der Waals surface area contributed by atoms with Gasteiger partial charge in [0, 0.05) is 17.0 Å². The third-order valence-corrected chi connectivity index (χ3v) is 6.05. The zero-order valence-electron chi connectivity index (χ0n) is 10.4. The lowest BCUT2D eigenvalue weighted by Gasteiger charge is -2.09. The molecule has 0 saturated carbocycles. The summed E-state index contributed by atoms with van der Waals surface area (Å²) in [6.07, 6.45) is 0. The van der Waals surface area contributed by atoms with Crippen LogP contribution in [-0.4, -0.2) is 13.5 Å². The van der Waals surface area contributed by atoms with Crippen LogP contribution in [0.4, 0.5) is 4.39 Å². The molecule has 114 valence electrons. The molecule has 0 atom stereocenters. The number of rotatable bonds is 5. The van der Waals surface area contributed by atoms with Crippen LogP contribution in [-0.2, 0) is 23.2 Å². The lowest BCUT2D eigenvalue weighted by molar-refractivity contribution is 0.281. The summed E-state index contributed by atoms with van der Waals surface area (Å²) in [6.45, 7) is -0.450. The Labute approximate surface area is 138 Å². The average Bonchev–Trinajstić information content (AvgIpc) is 2.85. The standard InChI is InChI=1S/C12H10BrClFNO3S2/c13-11-2-1-8(20-11)5-16-21(18,19)9-3-7(6-17)12(14)10(15)4-9/h1-4,16-17H,5-6H2. The molecule has 0 spiro atoms. The smallest absolute Gasteiger partial charge is 0.241 e. The third-order valence-electron chi connectivity index (χ3n) is 2.62. The molecule has 4 nitrogen and oxygen atoms in total. The highest BCUT2D eigenvalue weighted by Crippen LogP contribution is 2.25. The van der Waals surface area contributed by atoms with Gasteiger partial charge in [-0.1, -0.05) is 11.6 Å². The number of nitrogens with one attached hydrogen (secondary N) is 1. The Balaban J connectivity index is 2.25. The van der Waals surface area contributed by atoms with Gasteiger partial charge in [0.25, 0.3) is 0 Å². The van der Waals surface area contributed by atoms with Gasteiger partial charge in [0.05, 0.1) is 20.3 Å². The summed E-state index contributed by atoms with van der Waals surface area (Å²) in [4.78, 5) is 0.534. The monoisotopic (exact) mass is 413 g/mol. The molecule has 0 saturated heterocycles. The van der Waals surface area contributed by atoms with E-state index < -0.39 is 22.4 Å². The minimum Gasteiger partial charge on any atom is -0.392 e. The van der Waals surface area contributed by atoms with Crippen LogP contribution < -0.4 is 4.72 Å². The first-order valence-electron chi connectivity index (χ1n) is 5.66. The van der Waals surface area contributed by atoms with E-state index in [1.54, 1.807) is 12.1 Å². The minimum absolute atomic E-state index is 0.0240. The highest BCUT2D eigenvalue weighted by Gasteiger charge is 2.18. The molecular weight excluding hydrogens is 405 g/mol. The number of benzene rings is 1. The van der Waals surface area contributed by atoms with Crippen LogP contribution in [0.15, 0.2) is 32.9 Å². The van der Waals surface area contributed by atoms with Crippen molar-refractivity contribution in [2.75, 3.05) is 0 Å². The summed E-state index contributed by atoms with van der Waals surface area (Å²) in [5, 5.41) is 8.79. The first kappa shape index (κ1) is 16.9. The van der Waals surface area contributed by atoms with Gasteiger partial charge in [0.2, 0.25) is 10.0 Å². The maximum absolute atomic E-state index is 13.6. The van der Waals surface area contributed by atoms with E-state index in [0.29, 0.717) is 0 Å². The molecule has 0 radical (unpaired) electrons. The molecule has 0 aliphatic rings. The maximum atomic E-state index is 13.6. The van der Waals surface area contributed by atoms with E-state index in [1.807, 2.05) is 0 Å². The second kappa shape index (κ2) is 6.72. The molecule has 0 fully saturated rings. The molecule has 9 heteroatoms. The fourth-order valence-electron chi connectivity index (χ4n) is 1.58. The van der Waals surface area contributed by atoms with Crippen molar-refractivity contribution in [3.63, 3.8) is 0 Å². The van der Waals surface area contributed by atoms with Crippen molar-refractivity contribution in [3.8, 4) is 0 Å². The van der Waals surface area contributed by atoms with Crippen molar-refractivity contribution in [2.45, 2.75) is 18.0 Å². The van der Waals surface area contributed by atoms with Crippen LogP contribution >= 0.6 is 38.9 Å². The lowest BCUT2D eigenvalue weighted by atomic mass is 10.2. The van der Waals surface area contributed by atoms with Crippen LogP contribution in [0.5, 0.6) is 0 Å². The third kappa shape index (κ3) is 4.02. The van der Waals surface area contributed by atoms with E-state index in [0.717, 1.165) is 20.8 Å². The summed E-state index contributed by atoms with van der Waals surface area (Å²) >= 11 is 10.3. The minimum atomic E-state index is -3.89. The van der Waals surface area contributed by atoms with Crippen molar-refractivity contribution < 1.29 is 17.9 Å². The SMILES string of the molecule is O=S(=O)(NCc1ccc(Br)s1)c1cc(F)c(Cl)c(CO)c1. The Morgan fingerprint density at radius 3 is 2.67 bits per heavy atom. The summed E-state index contributed by atoms with van der Waals surface area (Å²) in [5.74, 6) is -0.887. The van der Waals surface area contributed by atoms with Gasteiger partial charge >= 0.3 is 0 Å². The van der Waals surface area contributed by atoms with Crippen LogP contribution in [0.1, 0.15) is 10.4 Å². The number of aliphatic hydroxyl groups is 1. The van der Waals surface area contributed by atoms with Crippen molar-refractivity contribution in [1.82, 2.24) is 4.72 Å². The fourth-order valence-corrected chi connectivity index (χ4v) is 4.34. The van der Waals surface area contributed by atoms with Gasteiger partial charge in [0.1, 0.15) is 5.82 Å². The number of halogens is 3. The summed E-state index contributed by atoms with van der Waals surface area (Å²) < 4.78 is 41.1. The first-order chi connectivity index (χ1) is 9.83.